The van der Waals surface area contributed by atoms with Crippen LogP contribution in [0.3, 0.4) is 0 Å². The van der Waals surface area contributed by atoms with E-state index in [1.165, 1.54) is 57.8 Å². The van der Waals surface area contributed by atoms with Gasteiger partial charge in [-0.25, -0.2) is 4.79 Å². The van der Waals surface area contributed by atoms with Crippen molar-refractivity contribution in [1.82, 2.24) is 5.32 Å². The van der Waals surface area contributed by atoms with Gasteiger partial charge >= 0.3 is 6.09 Å². The van der Waals surface area contributed by atoms with Gasteiger partial charge in [-0.05, 0) is 116 Å². The Morgan fingerprint density at radius 2 is 1.85 bits per heavy atom. The van der Waals surface area contributed by atoms with E-state index in [1.807, 2.05) is 0 Å². The number of hydrogen-bond acceptors (Lipinski definition) is 3. The molecule has 0 aromatic heterocycles. The van der Waals surface area contributed by atoms with Gasteiger partial charge in [0.1, 0.15) is 6.10 Å². The molecule has 0 heterocycles. The Labute approximate surface area is 247 Å². The first-order chi connectivity index (χ1) is 19.0. The molecule has 230 valence electrons. The summed E-state index contributed by atoms with van der Waals surface area (Å²) in [6, 6.07) is 0. The van der Waals surface area contributed by atoms with Crippen molar-refractivity contribution in [3.63, 3.8) is 0 Å². The Morgan fingerprint density at radius 1 is 1.07 bits per heavy atom. The number of alkyl carbamates (subject to hydrolysis) is 1. The zero-order valence-corrected chi connectivity index (χ0v) is 27.3. The second-order valence-corrected chi connectivity index (χ2v) is 15.8. The molecule has 3 N–H and O–H groups in total. The van der Waals surface area contributed by atoms with E-state index in [9.17, 15) is 4.79 Å². The summed E-state index contributed by atoms with van der Waals surface area (Å²) in [6.07, 6.45) is 18.8. The Balaban J connectivity index is 1.33. The predicted octanol–water partition coefficient (Wildman–Crippen LogP) is 9.13. The number of fused-ring (bicyclic) bond motifs is 5. The molecule has 0 saturated heterocycles. The van der Waals surface area contributed by atoms with E-state index < -0.39 is 0 Å². The molecule has 0 radical (unpaired) electrons. The van der Waals surface area contributed by atoms with Gasteiger partial charge in [0.2, 0.25) is 0 Å². The molecule has 0 aliphatic heterocycles. The summed E-state index contributed by atoms with van der Waals surface area (Å²) < 4.78 is 6.00. The average Bonchev–Trinajstić information content (AvgIpc) is 3.28. The number of hydrogen-bond donors (Lipinski definition) is 2. The topological polar surface area (TPSA) is 64.3 Å². The van der Waals surface area contributed by atoms with Gasteiger partial charge < -0.3 is 15.8 Å². The fourth-order valence-electron chi connectivity index (χ4n) is 10.2. The molecular weight excluding hydrogens is 492 g/mol. The summed E-state index contributed by atoms with van der Waals surface area (Å²) in [6.45, 7) is 18.3. The van der Waals surface area contributed by atoms with Crippen LogP contribution in [0.4, 0.5) is 4.79 Å². The molecule has 10 atom stereocenters. The van der Waals surface area contributed by atoms with Crippen molar-refractivity contribution >= 4 is 6.09 Å². The van der Waals surface area contributed by atoms with Gasteiger partial charge in [-0.1, -0.05) is 85.8 Å². The fourth-order valence-corrected chi connectivity index (χ4v) is 10.2. The van der Waals surface area contributed by atoms with E-state index in [-0.39, 0.29) is 12.2 Å². The molecule has 10 unspecified atom stereocenters. The SMILES string of the molecule is CCC(CNC(=O)OC1CCC2(C)C(=CCC3C2CCC2(C)C(C(C)CCCC(C)C)CCC32)C1)CC(C)CN. The lowest BCUT2D eigenvalue weighted by Crippen LogP contribution is -2.51. The molecule has 4 rings (SSSR count). The van der Waals surface area contributed by atoms with E-state index in [1.54, 1.807) is 5.57 Å². The maximum absolute atomic E-state index is 12.7. The molecule has 4 nitrogen and oxygen atoms in total. The van der Waals surface area contributed by atoms with Crippen molar-refractivity contribution in [3.05, 3.63) is 11.6 Å². The van der Waals surface area contributed by atoms with Crippen LogP contribution in [0.15, 0.2) is 11.6 Å². The summed E-state index contributed by atoms with van der Waals surface area (Å²) >= 11 is 0. The zero-order chi connectivity index (χ0) is 29.1. The highest BCUT2D eigenvalue weighted by Crippen LogP contribution is 2.67. The Kier molecular flexibility index (Phi) is 10.8. The number of carbonyl (C=O) groups is 1. The minimum atomic E-state index is -0.227. The van der Waals surface area contributed by atoms with Crippen LogP contribution in [0.5, 0.6) is 0 Å². The maximum Gasteiger partial charge on any atom is 0.407 e. The summed E-state index contributed by atoms with van der Waals surface area (Å²) in [5.74, 6) is 6.13. The first-order valence-electron chi connectivity index (χ1n) is 17.4. The molecule has 0 spiro atoms. The van der Waals surface area contributed by atoms with Gasteiger partial charge in [0.25, 0.3) is 0 Å². The molecule has 0 bridgehead atoms. The van der Waals surface area contributed by atoms with Gasteiger partial charge in [0.05, 0.1) is 0 Å². The molecule has 1 amide bonds. The van der Waals surface area contributed by atoms with Crippen LogP contribution >= 0.6 is 0 Å². The average molecular weight is 557 g/mol. The number of nitrogens with one attached hydrogen (secondary N) is 1. The van der Waals surface area contributed by atoms with Crippen LogP contribution in [0.25, 0.3) is 0 Å². The monoisotopic (exact) mass is 556 g/mol. The number of carbonyl (C=O) groups excluding carboxylic acids is 1. The third-order valence-electron chi connectivity index (χ3n) is 12.8. The molecule has 0 aromatic carbocycles. The lowest BCUT2D eigenvalue weighted by molar-refractivity contribution is -0.0581. The summed E-state index contributed by atoms with van der Waals surface area (Å²) in [7, 11) is 0. The summed E-state index contributed by atoms with van der Waals surface area (Å²) in [5, 5.41) is 3.08. The van der Waals surface area contributed by atoms with Crippen molar-refractivity contribution in [2.24, 2.45) is 63.9 Å². The van der Waals surface area contributed by atoms with Crippen molar-refractivity contribution in [3.8, 4) is 0 Å². The lowest BCUT2D eigenvalue weighted by atomic mass is 9.47. The third-order valence-corrected chi connectivity index (χ3v) is 12.8. The molecule has 4 aliphatic rings. The van der Waals surface area contributed by atoms with E-state index in [4.69, 9.17) is 10.5 Å². The molecule has 3 saturated carbocycles. The fraction of sp³-hybridized carbons (Fsp3) is 0.917. The van der Waals surface area contributed by atoms with Gasteiger partial charge in [0, 0.05) is 13.0 Å². The highest BCUT2D eigenvalue weighted by molar-refractivity contribution is 5.67. The van der Waals surface area contributed by atoms with Crippen LogP contribution in [0.2, 0.25) is 0 Å². The quantitative estimate of drug-likeness (QED) is 0.236. The van der Waals surface area contributed by atoms with Crippen LogP contribution < -0.4 is 11.1 Å². The number of allylic oxidation sites excluding steroid dienone is 1. The minimum absolute atomic E-state index is 0.0234. The van der Waals surface area contributed by atoms with Crippen molar-refractivity contribution in [2.45, 2.75) is 138 Å². The highest BCUT2D eigenvalue weighted by atomic mass is 16.6. The second-order valence-electron chi connectivity index (χ2n) is 15.8. The second kappa shape index (κ2) is 13.5. The molecule has 4 heteroatoms. The Morgan fingerprint density at radius 3 is 2.55 bits per heavy atom. The smallest absolute Gasteiger partial charge is 0.407 e. The molecule has 40 heavy (non-hydrogen) atoms. The van der Waals surface area contributed by atoms with E-state index in [0.29, 0.717) is 35.8 Å². The van der Waals surface area contributed by atoms with Gasteiger partial charge in [-0.15, -0.1) is 0 Å². The molecular formula is C36H64N2O2. The van der Waals surface area contributed by atoms with Gasteiger partial charge in [-0.2, -0.15) is 0 Å². The largest absolute Gasteiger partial charge is 0.446 e. The predicted molar refractivity (Wildman–Crippen MR) is 168 cm³/mol. The molecule has 0 aromatic rings. The number of rotatable bonds is 12. The normalized spacial score (nSPS) is 37.5. The number of nitrogens with two attached hydrogens (primary N) is 1. The number of ether oxygens (including phenoxy) is 1. The van der Waals surface area contributed by atoms with Crippen molar-refractivity contribution in [1.29, 1.82) is 0 Å². The van der Waals surface area contributed by atoms with Crippen LogP contribution in [-0.4, -0.2) is 25.3 Å². The van der Waals surface area contributed by atoms with E-state index in [0.717, 1.165) is 61.2 Å². The Bertz CT molecular complexity index is 869. The number of amides is 1. The first kappa shape index (κ1) is 31.9. The van der Waals surface area contributed by atoms with Crippen LogP contribution in [-0.2, 0) is 4.74 Å². The van der Waals surface area contributed by atoms with Crippen molar-refractivity contribution < 1.29 is 9.53 Å². The van der Waals surface area contributed by atoms with Crippen molar-refractivity contribution in [2.75, 3.05) is 13.1 Å². The molecule has 4 aliphatic carbocycles. The third kappa shape index (κ3) is 6.78. The first-order valence-corrected chi connectivity index (χ1v) is 17.4. The van der Waals surface area contributed by atoms with Crippen LogP contribution in [0.1, 0.15) is 132 Å². The van der Waals surface area contributed by atoms with Gasteiger partial charge in [-0.3, -0.25) is 0 Å². The van der Waals surface area contributed by atoms with Crippen LogP contribution in [0, 0.1) is 58.2 Å². The standard InChI is InChI=1S/C36H64N2O2/c1-8-27(20-25(4)22-37)23-38-34(39)40-29-16-18-35(6)28(21-29)12-13-30-32-15-14-31(26(5)11-9-10-24(2)3)36(32,7)19-17-33(30)35/h12,24-27,29-33H,8-11,13-23,37H2,1-7H3,(H,38,39). The van der Waals surface area contributed by atoms with Gasteiger partial charge in [0.15, 0.2) is 0 Å². The zero-order valence-electron chi connectivity index (χ0n) is 27.3. The summed E-state index contributed by atoms with van der Waals surface area (Å²) in [4.78, 5) is 12.7. The maximum atomic E-state index is 12.7. The van der Waals surface area contributed by atoms with E-state index >= 15 is 0 Å². The lowest BCUT2D eigenvalue weighted by Gasteiger charge is -2.58. The Hall–Kier alpha value is -1.03. The molecule has 3 fully saturated rings. The highest BCUT2D eigenvalue weighted by Gasteiger charge is 2.59. The minimum Gasteiger partial charge on any atom is -0.446 e. The van der Waals surface area contributed by atoms with E-state index in [2.05, 4.69) is 59.9 Å². The summed E-state index contributed by atoms with van der Waals surface area (Å²) in [5.41, 5.74) is 8.25.